The highest BCUT2D eigenvalue weighted by Crippen LogP contribution is 2.23. The lowest BCUT2D eigenvalue weighted by Crippen LogP contribution is -2.45. The lowest BCUT2D eigenvalue weighted by atomic mass is 9.92. The van der Waals surface area contributed by atoms with Crippen LogP contribution in [0.1, 0.15) is 19.3 Å². The predicted octanol–water partition coefficient (Wildman–Crippen LogP) is 1.55. The van der Waals surface area contributed by atoms with E-state index in [9.17, 15) is 0 Å². The van der Waals surface area contributed by atoms with Crippen molar-refractivity contribution in [3.8, 4) is 6.07 Å². The first-order valence-electron chi connectivity index (χ1n) is 4.72. The second kappa shape index (κ2) is 3.28. The van der Waals surface area contributed by atoms with Crippen LogP contribution in [0.25, 0.3) is 0 Å². The summed E-state index contributed by atoms with van der Waals surface area (Å²) >= 11 is 0. The zero-order valence-corrected chi connectivity index (χ0v) is 7.24. The molecule has 0 saturated carbocycles. The number of allylic oxidation sites excluding steroid dienone is 1. The molecule has 1 aliphatic carbocycles. The van der Waals surface area contributed by atoms with Gasteiger partial charge in [0.2, 0.25) is 0 Å². The predicted molar refractivity (Wildman–Crippen MR) is 47.5 cm³/mol. The Hall–Kier alpha value is -0.810. The van der Waals surface area contributed by atoms with Crippen LogP contribution < -0.4 is 0 Å². The Morgan fingerprint density at radius 2 is 2.08 bits per heavy atom. The molecule has 2 unspecified atom stereocenters. The largest absolute Gasteiger partial charge is 0.297 e. The standard InChI is InChI=1S/C10H14N2/c11-8-9-2-4-10(5-3-9)12-6-1-7-12/h2,4,9-10H,1,3,5-7H2. The summed E-state index contributed by atoms with van der Waals surface area (Å²) in [7, 11) is 0. The van der Waals surface area contributed by atoms with Crippen LogP contribution in [0.15, 0.2) is 12.2 Å². The Bertz CT molecular complexity index is 222. The van der Waals surface area contributed by atoms with Crippen molar-refractivity contribution in [1.82, 2.24) is 4.90 Å². The highest BCUT2D eigenvalue weighted by molar-refractivity contribution is 5.09. The van der Waals surface area contributed by atoms with Gasteiger partial charge in [-0.1, -0.05) is 12.2 Å². The highest BCUT2D eigenvalue weighted by atomic mass is 15.2. The molecule has 0 aromatic carbocycles. The van der Waals surface area contributed by atoms with Crippen molar-refractivity contribution in [2.75, 3.05) is 13.1 Å². The summed E-state index contributed by atoms with van der Waals surface area (Å²) in [6, 6.07) is 2.94. The Morgan fingerprint density at radius 1 is 1.25 bits per heavy atom. The van der Waals surface area contributed by atoms with Crippen molar-refractivity contribution in [1.29, 1.82) is 5.26 Å². The minimum Gasteiger partial charge on any atom is -0.297 e. The minimum atomic E-state index is 0.183. The van der Waals surface area contributed by atoms with Crippen LogP contribution in [0.3, 0.4) is 0 Å². The molecule has 0 bridgehead atoms. The third-order valence-corrected chi connectivity index (χ3v) is 2.86. The average Bonchev–Trinajstić information content (AvgIpc) is 2.03. The summed E-state index contributed by atoms with van der Waals surface area (Å²) in [4.78, 5) is 2.49. The van der Waals surface area contributed by atoms with Gasteiger partial charge in [-0.2, -0.15) is 5.26 Å². The summed E-state index contributed by atoms with van der Waals surface area (Å²) in [6.45, 7) is 2.51. The molecule has 1 heterocycles. The van der Waals surface area contributed by atoms with Gasteiger partial charge < -0.3 is 0 Å². The molecule has 0 spiro atoms. The van der Waals surface area contributed by atoms with E-state index in [0.717, 1.165) is 6.42 Å². The second-order valence-corrected chi connectivity index (χ2v) is 3.65. The molecule has 0 radical (unpaired) electrons. The summed E-state index contributed by atoms with van der Waals surface area (Å²) in [5, 5.41) is 8.67. The molecule has 64 valence electrons. The van der Waals surface area contributed by atoms with Crippen LogP contribution in [-0.4, -0.2) is 24.0 Å². The van der Waals surface area contributed by atoms with Gasteiger partial charge in [0, 0.05) is 6.04 Å². The van der Waals surface area contributed by atoms with E-state index >= 15 is 0 Å². The van der Waals surface area contributed by atoms with Crippen molar-refractivity contribution >= 4 is 0 Å². The van der Waals surface area contributed by atoms with Crippen molar-refractivity contribution in [2.24, 2.45) is 5.92 Å². The van der Waals surface area contributed by atoms with Gasteiger partial charge in [-0.15, -0.1) is 0 Å². The smallest absolute Gasteiger partial charge is 0.0697 e. The first-order chi connectivity index (χ1) is 5.90. The Balaban J connectivity index is 1.91. The quantitative estimate of drug-likeness (QED) is 0.547. The fraction of sp³-hybridized carbons (Fsp3) is 0.700. The summed E-state index contributed by atoms with van der Waals surface area (Å²) in [5.41, 5.74) is 0. The van der Waals surface area contributed by atoms with Crippen LogP contribution in [0, 0.1) is 17.2 Å². The maximum absolute atomic E-state index is 8.67. The van der Waals surface area contributed by atoms with E-state index in [1.165, 1.54) is 25.9 Å². The summed E-state index contributed by atoms with van der Waals surface area (Å²) in [5.74, 6) is 0.183. The molecule has 0 aromatic rings. The van der Waals surface area contributed by atoms with Gasteiger partial charge in [0.15, 0.2) is 0 Å². The van der Waals surface area contributed by atoms with Crippen molar-refractivity contribution in [2.45, 2.75) is 25.3 Å². The van der Waals surface area contributed by atoms with Gasteiger partial charge in [0.1, 0.15) is 0 Å². The second-order valence-electron chi connectivity index (χ2n) is 3.65. The zero-order chi connectivity index (χ0) is 8.39. The van der Waals surface area contributed by atoms with E-state index in [-0.39, 0.29) is 5.92 Å². The summed E-state index contributed by atoms with van der Waals surface area (Å²) < 4.78 is 0. The number of likely N-dealkylation sites (tertiary alicyclic amines) is 1. The van der Waals surface area contributed by atoms with E-state index < -0.39 is 0 Å². The van der Waals surface area contributed by atoms with Crippen molar-refractivity contribution in [3.63, 3.8) is 0 Å². The number of hydrogen-bond donors (Lipinski definition) is 0. The Kier molecular flexibility index (Phi) is 2.14. The molecule has 0 aromatic heterocycles. The minimum absolute atomic E-state index is 0.183. The van der Waals surface area contributed by atoms with Gasteiger partial charge in [-0.05, 0) is 32.4 Å². The van der Waals surface area contributed by atoms with E-state index in [0.29, 0.717) is 6.04 Å². The van der Waals surface area contributed by atoms with E-state index in [1.54, 1.807) is 0 Å². The van der Waals surface area contributed by atoms with Crippen molar-refractivity contribution in [3.05, 3.63) is 12.2 Å². The van der Waals surface area contributed by atoms with Gasteiger partial charge in [-0.25, -0.2) is 0 Å². The third-order valence-electron chi connectivity index (χ3n) is 2.86. The molecule has 2 heteroatoms. The number of nitrogens with zero attached hydrogens (tertiary/aromatic N) is 2. The summed E-state index contributed by atoms with van der Waals surface area (Å²) in [6.07, 6.45) is 7.87. The van der Waals surface area contributed by atoms with E-state index in [2.05, 4.69) is 23.1 Å². The molecule has 1 saturated heterocycles. The van der Waals surface area contributed by atoms with Gasteiger partial charge in [0.05, 0.1) is 12.0 Å². The van der Waals surface area contributed by atoms with Gasteiger partial charge in [-0.3, -0.25) is 4.90 Å². The number of hydrogen-bond acceptors (Lipinski definition) is 2. The lowest BCUT2D eigenvalue weighted by Gasteiger charge is -2.38. The maximum atomic E-state index is 8.67. The molecule has 2 atom stereocenters. The highest BCUT2D eigenvalue weighted by Gasteiger charge is 2.24. The molecular formula is C10H14N2. The molecule has 2 rings (SSSR count). The average molecular weight is 162 g/mol. The van der Waals surface area contributed by atoms with Crippen molar-refractivity contribution < 1.29 is 0 Å². The molecule has 1 aliphatic heterocycles. The molecule has 2 aliphatic rings. The Labute approximate surface area is 73.5 Å². The monoisotopic (exact) mass is 162 g/mol. The first kappa shape index (κ1) is 7.82. The fourth-order valence-electron chi connectivity index (χ4n) is 1.89. The van der Waals surface area contributed by atoms with Gasteiger partial charge >= 0.3 is 0 Å². The fourth-order valence-corrected chi connectivity index (χ4v) is 1.89. The molecule has 0 N–H and O–H groups in total. The molecular weight excluding hydrogens is 148 g/mol. The Morgan fingerprint density at radius 3 is 2.50 bits per heavy atom. The van der Waals surface area contributed by atoms with Crippen LogP contribution in [0.5, 0.6) is 0 Å². The SMILES string of the molecule is N#CC1C=CC(N2CCC2)CC1. The number of nitriles is 1. The van der Waals surface area contributed by atoms with Crippen LogP contribution in [0.2, 0.25) is 0 Å². The number of rotatable bonds is 1. The zero-order valence-electron chi connectivity index (χ0n) is 7.24. The van der Waals surface area contributed by atoms with E-state index in [1.807, 2.05) is 0 Å². The molecule has 1 fully saturated rings. The molecule has 2 nitrogen and oxygen atoms in total. The molecule has 12 heavy (non-hydrogen) atoms. The molecule has 0 amide bonds. The third kappa shape index (κ3) is 1.37. The van der Waals surface area contributed by atoms with Gasteiger partial charge in [0.25, 0.3) is 0 Å². The normalized spacial score (nSPS) is 35.6. The van der Waals surface area contributed by atoms with E-state index in [4.69, 9.17) is 5.26 Å². The van der Waals surface area contributed by atoms with Crippen LogP contribution in [0.4, 0.5) is 0 Å². The topological polar surface area (TPSA) is 27.0 Å². The van der Waals surface area contributed by atoms with Crippen LogP contribution in [-0.2, 0) is 0 Å². The first-order valence-corrected chi connectivity index (χ1v) is 4.72. The van der Waals surface area contributed by atoms with Crippen LogP contribution >= 0.6 is 0 Å². The maximum Gasteiger partial charge on any atom is 0.0697 e. The lowest BCUT2D eigenvalue weighted by molar-refractivity contribution is 0.132.